The first-order chi connectivity index (χ1) is 28.3. The molecule has 0 saturated heterocycles. The molecule has 0 aliphatic carbocycles. The first-order valence-electron chi connectivity index (χ1n) is 24.6. The van der Waals surface area contributed by atoms with Crippen molar-refractivity contribution >= 4 is 19.8 Å². The number of hydrogen-bond donors (Lipinski definition) is 1. The number of phosphoric acid groups is 1. The maximum Gasteiger partial charge on any atom is 0.472 e. The van der Waals surface area contributed by atoms with Crippen LogP contribution in [-0.2, 0) is 32.7 Å². The Hall–Kier alpha value is -1.47. The highest BCUT2D eigenvalue weighted by Crippen LogP contribution is 2.43. The quantitative estimate of drug-likeness (QED) is 0.0279. The second-order valence-electron chi connectivity index (χ2n) is 16.5. The fourth-order valence-electron chi connectivity index (χ4n) is 7.13. The summed E-state index contributed by atoms with van der Waals surface area (Å²) in [5, 5.41) is 0. The van der Waals surface area contributed by atoms with Crippen molar-refractivity contribution in [3.8, 4) is 0 Å². The van der Waals surface area contributed by atoms with Gasteiger partial charge in [0, 0.05) is 12.8 Å². The van der Waals surface area contributed by atoms with Gasteiger partial charge >= 0.3 is 19.8 Å². The maximum atomic E-state index is 12.6. The first kappa shape index (κ1) is 56.5. The summed E-state index contributed by atoms with van der Waals surface area (Å²) in [5.74, 6) is -0.789. The Kier molecular flexibility index (Phi) is 43.9. The molecule has 0 aromatic heterocycles. The molecule has 0 rings (SSSR count). The van der Waals surface area contributed by atoms with Crippen LogP contribution in [0.4, 0.5) is 0 Å². The van der Waals surface area contributed by atoms with E-state index in [4.69, 9.17) is 18.5 Å². The number of carbonyl (C=O) groups is 2. The van der Waals surface area contributed by atoms with Crippen molar-refractivity contribution in [2.75, 3.05) is 19.8 Å². The highest BCUT2D eigenvalue weighted by Gasteiger charge is 2.25. The van der Waals surface area contributed by atoms with Crippen LogP contribution in [-0.4, -0.2) is 42.8 Å². The average molecular weight is 841 g/mol. The molecular formula is C49H93O8P. The van der Waals surface area contributed by atoms with Gasteiger partial charge in [0.2, 0.25) is 0 Å². The van der Waals surface area contributed by atoms with Crippen LogP contribution in [0.5, 0.6) is 0 Å². The second kappa shape index (κ2) is 45.1. The van der Waals surface area contributed by atoms with E-state index in [9.17, 15) is 19.0 Å². The number of phosphoric ester groups is 1. The van der Waals surface area contributed by atoms with Gasteiger partial charge in [0.25, 0.3) is 0 Å². The summed E-state index contributed by atoms with van der Waals surface area (Å²) in [6.45, 7) is 5.51. The van der Waals surface area contributed by atoms with Crippen LogP contribution in [0.15, 0.2) is 24.3 Å². The van der Waals surface area contributed by atoms with Gasteiger partial charge in [-0.25, -0.2) is 4.57 Å². The van der Waals surface area contributed by atoms with E-state index in [2.05, 4.69) is 38.2 Å². The third-order valence-electron chi connectivity index (χ3n) is 10.8. The second-order valence-corrected chi connectivity index (χ2v) is 17.9. The average Bonchev–Trinajstić information content (AvgIpc) is 3.20. The Balaban J connectivity index is 3.99. The van der Waals surface area contributed by atoms with Crippen molar-refractivity contribution in [2.45, 2.75) is 258 Å². The van der Waals surface area contributed by atoms with Crippen molar-refractivity contribution in [2.24, 2.45) is 0 Å². The van der Waals surface area contributed by atoms with Crippen LogP contribution in [0.1, 0.15) is 252 Å². The number of rotatable bonds is 46. The zero-order chi connectivity index (χ0) is 42.5. The molecule has 0 saturated carbocycles. The lowest BCUT2D eigenvalue weighted by atomic mass is 10.0. The highest BCUT2D eigenvalue weighted by molar-refractivity contribution is 7.47. The van der Waals surface area contributed by atoms with Crippen LogP contribution in [0.2, 0.25) is 0 Å². The van der Waals surface area contributed by atoms with Gasteiger partial charge in [-0.2, -0.15) is 0 Å². The Morgan fingerprint density at radius 2 is 0.828 bits per heavy atom. The van der Waals surface area contributed by atoms with Crippen molar-refractivity contribution in [3.63, 3.8) is 0 Å². The van der Waals surface area contributed by atoms with E-state index in [1.54, 1.807) is 6.92 Å². The van der Waals surface area contributed by atoms with Crippen molar-refractivity contribution in [3.05, 3.63) is 24.3 Å². The molecule has 342 valence electrons. The van der Waals surface area contributed by atoms with E-state index in [1.807, 2.05) is 0 Å². The molecule has 58 heavy (non-hydrogen) atoms. The molecule has 9 heteroatoms. The Bertz CT molecular complexity index is 999. The molecule has 0 bridgehead atoms. The van der Waals surface area contributed by atoms with Gasteiger partial charge in [0.15, 0.2) is 6.10 Å². The summed E-state index contributed by atoms with van der Waals surface area (Å²) >= 11 is 0. The van der Waals surface area contributed by atoms with Gasteiger partial charge in [-0.05, 0) is 51.9 Å². The van der Waals surface area contributed by atoms with E-state index in [0.717, 1.165) is 44.9 Å². The Morgan fingerprint density at radius 1 is 0.466 bits per heavy atom. The van der Waals surface area contributed by atoms with E-state index in [1.165, 1.54) is 167 Å². The molecule has 0 fully saturated rings. The Labute approximate surface area is 358 Å². The maximum absolute atomic E-state index is 12.6. The van der Waals surface area contributed by atoms with E-state index >= 15 is 0 Å². The van der Waals surface area contributed by atoms with Crippen LogP contribution in [0.3, 0.4) is 0 Å². The largest absolute Gasteiger partial charge is 0.472 e. The molecule has 0 aliphatic heterocycles. The third-order valence-corrected chi connectivity index (χ3v) is 11.8. The van der Waals surface area contributed by atoms with E-state index < -0.39 is 26.5 Å². The number of esters is 2. The lowest BCUT2D eigenvalue weighted by molar-refractivity contribution is -0.161. The fourth-order valence-corrected chi connectivity index (χ4v) is 7.89. The molecule has 0 aliphatic rings. The minimum absolute atomic E-state index is 0.00181. The van der Waals surface area contributed by atoms with E-state index in [-0.39, 0.29) is 25.6 Å². The summed E-state index contributed by atoms with van der Waals surface area (Å²) in [4.78, 5) is 34.9. The van der Waals surface area contributed by atoms with E-state index in [0.29, 0.717) is 12.8 Å². The predicted octanol–water partition coefficient (Wildman–Crippen LogP) is 15.8. The third kappa shape index (κ3) is 44.1. The zero-order valence-corrected chi connectivity index (χ0v) is 39.1. The summed E-state index contributed by atoms with van der Waals surface area (Å²) in [6.07, 6.45) is 50.9. The molecule has 1 N–H and O–H groups in total. The number of allylic oxidation sites excluding steroid dienone is 4. The SMILES string of the molecule is CCCCCCC/C=C\C/C=C\CCCCCCCCCCCC(=O)OC(COC(=O)CCCCCCCCCCCCCCCCCCC)COP(=O)(O)OCC. The van der Waals surface area contributed by atoms with Crippen molar-refractivity contribution in [1.82, 2.24) is 0 Å². The molecule has 0 radical (unpaired) electrons. The normalized spacial score (nSPS) is 13.4. The molecular weight excluding hydrogens is 748 g/mol. The fraction of sp³-hybridized carbons (Fsp3) is 0.878. The van der Waals surface area contributed by atoms with Gasteiger partial charge in [-0.1, -0.05) is 212 Å². The standard InChI is InChI=1S/C49H93O8P/c1-4-7-9-11-13-15-17-19-21-23-24-25-26-28-30-32-34-36-38-40-42-44-49(51)57-47(46-56-58(52,53)55-6-3)45-54-48(50)43-41-39-37-35-33-31-29-27-22-20-18-16-14-12-10-8-5-2/h17,19,23-24,47H,4-16,18,20-22,25-46H2,1-3H3,(H,52,53)/b19-17-,24-23-. The van der Waals surface area contributed by atoms with Gasteiger partial charge < -0.3 is 14.4 Å². The number of hydrogen-bond acceptors (Lipinski definition) is 7. The van der Waals surface area contributed by atoms with Gasteiger partial charge in [0.05, 0.1) is 13.2 Å². The molecule has 2 unspecified atom stereocenters. The smallest absolute Gasteiger partial charge is 0.462 e. The number of ether oxygens (including phenoxy) is 2. The lowest BCUT2D eigenvalue weighted by Crippen LogP contribution is -2.29. The molecule has 2 atom stereocenters. The summed E-state index contributed by atoms with van der Waals surface area (Å²) in [5.41, 5.74) is 0. The van der Waals surface area contributed by atoms with Crippen LogP contribution < -0.4 is 0 Å². The van der Waals surface area contributed by atoms with Crippen LogP contribution in [0, 0.1) is 0 Å². The predicted molar refractivity (Wildman–Crippen MR) is 244 cm³/mol. The highest BCUT2D eigenvalue weighted by atomic mass is 31.2. The topological polar surface area (TPSA) is 108 Å². The molecule has 0 aromatic rings. The number of carbonyl (C=O) groups excluding carboxylic acids is 2. The van der Waals surface area contributed by atoms with Gasteiger partial charge in [-0.3, -0.25) is 18.6 Å². The summed E-state index contributed by atoms with van der Waals surface area (Å²) < 4.78 is 32.8. The minimum Gasteiger partial charge on any atom is -0.462 e. The van der Waals surface area contributed by atoms with Gasteiger partial charge in [-0.15, -0.1) is 0 Å². The first-order valence-corrected chi connectivity index (χ1v) is 26.1. The van der Waals surface area contributed by atoms with Crippen molar-refractivity contribution in [1.29, 1.82) is 0 Å². The molecule has 8 nitrogen and oxygen atoms in total. The minimum atomic E-state index is -4.28. The van der Waals surface area contributed by atoms with Crippen LogP contribution >= 0.6 is 7.82 Å². The lowest BCUT2D eigenvalue weighted by Gasteiger charge is -2.19. The molecule has 0 aromatic carbocycles. The molecule has 0 amide bonds. The van der Waals surface area contributed by atoms with Gasteiger partial charge in [0.1, 0.15) is 6.61 Å². The molecule has 0 heterocycles. The van der Waals surface area contributed by atoms with Crippen LogP contribution in [0.25, 0.3) is 0 Å². The zero-order valence-electron chi connectivity index (χ0n) is 38.2. The Morgan fingerprint density at radius 3 is 1.22 bits per heavy atom. The number of unbranched alkanes of at least 4 members (excludes halogenated alkanes) is 30. The monoisotopic (exact) mass is 841 g/mol. The summed E-state index contributed by atoms with van der Waals surface area (Å²) in [7, 11) is -4.28. The summed E-state index contributed by atoms with van der Waals surface area (Å²) in [6, 6.07) is 0. The van der Waals surface area contributed by atoms with Crippen molar-refractivity contribution < 1.29 is 37.6 Å². The molecule has 0 spiro atoms.